The average Bonchev–Trinajstić information content (AvgIpc) is 3.15. The van der Waals surface area contributed by atoms with Crippen LogP contribution in [0.25, 0.3) is 0 Å². The van der Waals surface area contributed by atoms with Gasteiger partial charge in [0.1, 0.15) is 0 Å². The minimum absolute atomic E-state index is 0.00288. The quantitative estimate of drug-likeness (QED) is 0.791. The molecule has 2 fully saturated rings. The predicted molar refractivity (Wildman–Crippen MR) is 87.2 cm³/mol. The number of allylic oxidation sites excluding steroid dienone is 1. The van der Waals surface area contributed by atoms with Crippen LogP contribution in [0.5, 0.6) is 0 Å². The third kappa shape index (κ3) is 2.51. The number of nitrogens with two attached hydrogens (primary N) is 2. The first-order valence-corrected chi connectivity index (χ1v) is 8.44. The van der Waals surface area contributed by atoms with Crippen molar-refractivity contribution < 1.29 is 4.79 Å². The van der Waals surface area contributed by atoms with Gasteiger partial charge in [-0.15, -0.1) is 0 Å². The van der Waals surface area contributed by atoms with Gasteiger partial charge in [0.05, 0.1) is 5.92 Å². The molecule has 4 rings (SSSR count). The second-order valence-electron chi connectivity index (χ2n) is 6.99. The van der Waals surface area contributed by atoms with E-state index in [2.05, 4.69) is 22.1 Å². The molecule has 0 unspecified atom stereocenters. The van der Waals surface area contributed by atoms with E-state index in [0.29, 0.717) is 23.7 Å². The second-order valence-corrected chi connectivity index (χ2v) is 6.99. The normalized spacial score (nSPS) is 33.3. The van der Waals surface area contributed by atoms with Crippen LogP contribution in [-0.2, 0) is 4.79 Å². The zero-order chi connectivity index (χ0) is 16.0. The number of likely N-dealkylation sites (tertiary alicyclic amines) is 1. The van der Waals surface area contributed by atoms with E-state index in [1.54, 1.807) is 6.20 Å². The van der Waals surface area contributed by atoms with Crippen LogP contribution in [0.4, 0.5) is 5.95 Å². The monoisotopic (exact) mass is 313 g/mol. The Bertz CT molecular complexity index is 638. The number of rotatable bonds is 2. The first-order chi connectivity index (χ1) is 11.1. The van der Waals surface area contributed by atoms with Gasteiger partial charge in [-0.3, -0.25) is 4.79 Å². The van der Waals surface area contributed by atoms with Gasteiger partial charge in [0.25, 0.3) is 0 Å². The molecule has 1 saturated carbocycles. The second kappa shape index (κ2) is 5.60. The highest BCUT2D eigenvalue weighted by molar-refractivity contribution is 5.81. The fourth-order valence-corrected chi connectivity index (χ4v) is 4.43. The Morgan fingerprint density at radius 3 is 2.61 bits per heavy atom. The summed E-state index contributed by atoms with van der Waals surface area (Å²) in [5.74, 6) is 1.65. The van der Waals surface area contributed by atoms with Gasteiger partial charge < -0.3 is 16.4 Å². The molecule has 0 aromatic carbocycles. The van der Waals surface area contributed by atoms with Crippen molar-refractivity contribution in [3.8, 4) is 0 Å². The number of nitrogens with zero attached hydrogens (tertiary/aromatic N) is 3. The third-order valence-electron chi connectivity index (χ3n) is 5.73. The third-order valence-corrected chi connectivity index (χ3v) is 5.73. The zero-order valence-corrected chi connectivity index (χ0v) is 13.1. The number of nitrogen functional groups attached to an aromatic ring is 1. The SMILES string of the molecule is Nc1nccc(C2CCN(C(=O)[C@H]3[C@@H](N)[C@H]4C=C[C@@H]3C4)CC2)n1. The summed E-state index contributed by atoms with van der Waals surface area (Å²) in [5, 5.41) is 0. The molecule has 1 aromatic heterocycles. The molecule has 0 radical (unpaired) electrons. The first kappa shape index (κ1) is 14.6. The van der Waals surface area contributed by atoms with E-state index in [1.807, 2.05) is 11.0 Å². The van der Waals surface area contributed by atoms with E-state index in [1.165, 1.54) is 0 Å². The van der Waals surface area contributed by atoms with E-state index in [0.717, 1.165) is 38.0 Å². The number of piperidine rings is 1. The van der Waals surface area contributed by atoms with Crippen LogP contribution in [0.2, 0.25) is 0 Å². The summed E-state index contributed by atoms with van der Waals surface area (Å²) in [7, 11) is 0. The van der Waals surface area contributed by atoms with Crippen molar-refractivity contribution in [1.29, 1.82) is 0 Å². The van der Waals surface area contributed by atoms with Gasteiger partial charge in [0.2, 0.25) is 11.9 Å². The van der Waals surface area contributed by atoms with Gasteiger partial charge in [0.15, 0.2) is 0 Å². The lowest BCUT2D eigenvalue weighted by Gasteiger charge is -2.36. The molecule has 3 aliphatic rings. The number of carbonyl (C=O) groups excluding carboxylic acids is 1. The smallest absolute Gasteiger partial charge is 0.227 e. The number of anilines is 1. The fourth-order valence-electron chi connectivity index (χ4n) is 4.43. The number of hydrogen-bond donors (Lipinski definition) is 2. The Morgan fingerprint density at radius 2 is 1.96 bits per heavy atom. The molecule has 4 atom stereocenters. The molecule has 1 amide bonds. The molecule has 6 nitrogen and oxygen atoms in total. The molecule has 4 N–H and O–H groups in total. The van der Waals surface area contributed by atoms with Crippen LogP contribution in [0, 0.1) is 17.8 Å². The van der Waals surface area contributed by atoms with E-state index in [4.69, 9.17) is 11.5 Å². The maximum absolute atomic E-state index is 12.9. The van der Waals surface area contributed by atoms with Crippen molar-refractivity contribution in [3.63, 3.8) is 0 Å². The number of fused-ring (bicyclic) bond motifs is 2. The summed E-state index contributed by atoms with van der Waals surface area (Å²) in [6.07, 6.45) is 8.98. The highest BCUT2D eigenvalue weighted by Crippen LogP contribution is 2.44. The molecule has 2 bridgehead atoms. The van der Waals surface area contributed by atoms with E-state index in [9.17, 15) is 4.79 Å². The lowest BCUT2D eigenvalue weighted by molar-refractivity contribution is -0.137. The van der Waals surface area contributed by atoms with Gasteiger partial charge in [-0.25, -0.2) is 9.97 Å². The number of aromatic nitrogens is 2. The van der Waals surface area contributed by atoms with E-state index < -0.39 is 0 Å². The number of hydrogen-bond acceptors (Lipinski definition) is 5. The molecular formula is C17H23N5O. The predicted octanol–water partition coefficient (Wildman–Crippen LogP) is 0.914. The van der Waals surface area contributed by atoms with Crippen LogP contribution in [0.15, 0.2) is 24.4 Å². The van der Waals surface area contributed by atoms with Gasteiger partial charge in [-0.2, -0.15) is 0 Å². The summed E-state index contributed by atoms with van der Waals surface area (Å²) in [6.45, 7) is 1.55. The number of amides is 1. The molecule has 1 aromatic rings. The largest absolute Gasteiger partial charge is 0.368 e. The van der Waals surface area contributed by atoms with Crippen LogP contribution in [-0.4, -0.2) is 39.9 Å². The molecule has 1 saturated heterocycles. The maximum atomic E-state index is 12.9. The highest BCUT2D eigenvalue weighted by atomic mass is 16.2. The molecule has 6 heteroatoms. The summed E-state index contributed by atoms with van der Waals surface area (Å²) >= 11 is 0. The van der Waals surface area contributed by atoms with Crippen molar-refractivity contribution in [2.24, 2.45) is 23.5 Å². The summed E-state index contributed by atoms with van der Waals surface area (Å²) in [5.41, 5.74) is 12.9. The van der Waals surface area contributed by atoms with Crippen molar-refractivity contribution in [1.82, 2.24) is 14.9 Å². The Balaban J connectivity index is 1.40. The van der Waals surface area contributed by atoms with Crippen molar-refractivity contribution in [2.45, 2.75) is 31.2 Å². The fraction of sp³-hybridized carbons (Fsp3) is 0.588. The van der Waals surface area contributed by atoms with Crippen molar-refractivity contribution in [2.75, 3.05) is 18.8 Å². The molecule has 1 aliphatic heterocycles. The Morgan fingerprint density at radius 1 is 1.22 bits per heavy atom. The lowest BCUT2D eigenvalue weighted by Crippen LogP contribution is -2.48. The molecule has 122 valence electrons. The molecule has 0 spiro atoms. The van der Waals surface area contributed by atoms with Crippen LogP contribution in [0.1, 0.15) is 30.9 Å². The molecule has 2 aliphatic carbocycles. The summed E-state index contributed by atoms with van der Waals surface area (Å²) in [6, 6.07) is 1.92. The van der Waals surface area contributed by atoms with Gasteiger partial charge in [-0.1, -0.05) is 12.2 Å². The maximum Gasteiger partial charge on any atom is 0.227 e. The van der Waals surface area contributed by atoms with Crippen LogP contribution >= 0.6 is 0 Å². The Hall–Kier alpha value is -1.95. The lowest BCUT2D eigenvalue weighted by atomic mass is 9.86. The van der Waals surface area contributed by atoms with Crippen LogP contribution in [0.3, 0.4) is 0 Å². The Kier molecular flexibility index (Phi) is 3.56. The molecule has 23 heavy (non-hydrogen) atoms. The molecule has 2 heterocycles. The van der Waals surface area contributed by atoms with E-state index in [-0.39, 0.29) is 17.9 Å². The van der Waals surface area contributed by atoms with Gasteiger partial charge >= 0.3 is 0 Å². The zero-order valence-electron chi connectivity index (χ0n) is 13.1. The van der Waals surface area contributed by atoms with E-state index >= 15 is 0 Å². The first-order valence-electron chi connectivity index (χ1n) is 8.44. The molecular weight excluding hydrogens is 290 g/mol. The average molecular weight is 313 g/mol. The topological polar surface area (TPSA) is 98.1 Å². The standard InChI is InChI=1S/C17H23N5O/c18-15-12-2-1-11(9-12)14(15)16(23)22-7-4-10(5-8-22)13-3-6-20-17(19)21-13/h1-3,6,10-12,14-15H,4-5,7-9,18H2,(H2,19,20,21)/t11-,12+,14-,15+/m1/s1. The summed E-state index contributed by atoms with van der Waals surface area (Å²) in [4.78, 5) is 23.1. The van der Waals surface area contributed by atoms with Gasteiger partial charge in [0, 0.05) is 36.9 Å². The van der Waals surface area contributed by atoms with Gasteiger partial charge in [-0.05, 0) is 37.2 Å². The van der Waals surface area contributed by atoms with Crippen molar-refractivity contribution in [3.05, 3.63) is 30.1 Å². The summed E-state index contributed by atoms with van der Waals surface area (Å²) < 4.78 is 0. The minimum atomic E-state index is -0.0174. The Labute approximate surface area is 136 Å². The minimum Gasteiger partial charge on any atom is -0.368 e. The van der Waals surface area contributed by atoms with Crippen LogP contribution < -0.4 is 11.5 Å². The highest BCUT2D eigenvalue weighted by Gasteiger charge is 2.47. The van der Waals surface area contributed by atoms with Crippen molar-refractivity contribution >= 4 is 11.9 Å². The number of carbonyl (C=O) groups is 1.